The number of guanidine groups is 1. The molecule has 1 aromatic carbocycles. The van der Waals surface area contributed by atoms with Crippen LogP contribution in [0.2, 0.25) is 0 Å². The smallest absolute Gasteiger partial charge is 0.191 e. The summed E-state index contributed by atoms with van der Waals surface area (Å²) >= 11 is 0. The van der Waals surface area contributed by atoms with Crippen molar-refractivity contribution < 1.29 is 9.47 Å². The molecule has 5 nitrogen and oxygen atoms in total. The van der Waals surface area contributed by atoms with Crippen molar-refractivity contribution in [3.8, 4) is 0 Å². The second-order valence-electron chi connectivity index (χ2n) is 4.51. The first kappa shape index (κ1) is 21.1. The van der Waals surface area contributed by atoms with Crippen LogP contribution in [0, 0.1) is 0 Å². The molecule has 0 spiro atoms. The van der Waals surface area contributed by atoms with E-state index in [0.717, 1.165) is 38.7 Å². The molecule has 0 aliphatic heterocycles. The van der Waals surface area contributed by atoms with Crippen molar-refractivity contribution in [1.82, 2.24) is 10.6 Å². The van der Waals surface area contributed by atoms with E-state index in [-0.39, 0.29) is 24.0 Å². The van der Waals surface area contributed by atoms with Gasteiger partial charge in [0.2, 0.25) is 0 Å². The van der Waals surface area contributed by atoms with Crippen LogP contribution in [0.5, 0.6) is 0 Å². The van der Waals surface area contributed by atoms with E-state index in [1.54, 1.807) is 7.05 Å². The lowest BCUT2D eigenvalue weighted by Crippen LogP contribution is -2.39. The Morgan fingerprint density at radius 3 is 2.45 bits per heavy atom. The Kier molecular flexibility index (Phi) is 14.5. The van der Waals surface area contributed by atoms with Crippen molar-refractivity contribution in [3.05, 3.63) is 35.9 Å². The van der Waals surface area contributed by atoms with E-state index in [2.05, 4.69) is 27.8 Å². The van der Waals surface area contributed by atoms with E-state index in [4.69, 9.17) is 9.47 Å². The number of halogens is 1. The van der Waals surface area contributed by atoms with Crippen LogP contribution in [0.15, 0.2) is 35.3 Å². The van der Waals surface area contributed by atoms with Crippen molar-refractivity contribution in [2.24, 2.45) is 4.99 Å². The first-order chi connectivity index (χ1) is 10.4. The minimum atomic E-state index is 0. The SMILES string of the molecule is CCOCCCNC(=NC)NCCOCc1ccccc1.I. The monoisotopic (exact) mass is 421 g/mol. The standard InChI is InChI=1S/C16H27N3O2.HI/c1-3-20-12-7-10-18-16(17-2)19-11-13-21-14-15-8-5-4-6-9-15;/h4-6,8-9H,3,7,10-14H2,1-2H3,(H2,17,18,19);1H. The topological polar surface area (TPSA) is 54.9 Å². The number of benzene rings is 1. The number of hydrogen-bond donors (Lipinski definition) is 2. The van der Waals surface area contributed by atoms with Gasteiger partial charge in [-0.2, -0.15) is 0 Å². The van der Waals surface area contributed by atoms with Gasteiger partial charge in [0.05, 0.1) is 13.2 Å². The zero-order chi connectivity index (χ0) is 15.2. The highest BCUT2D eigenvalue weighted by Gasteiger charge is 1.97. The van der Waals surface area contributed by atoms with E-state index in [0.29, 0.717) is 13.2 Å². The van der Waals surface area contributed by atoms with Gasteiger partial charge in [-0.05, 0) is 18.9 Å². The molecule has 6 heteroatoms. The van der Waals surface area contributed by atoms with Gasteiger partial charge >= 0.3 is 0 Å². The third-order valence-corrected chi connectivity index (χ3v) is 2.84. The largest absolute Gasteiger partial charge is 0.382 e. The van der Waals surface area contributed by atoms with Crippen LogP contribution in [0.4, 0.5) is 0 Å². The summed E-state index contributed by atoms with van der Waals surface area (Å²) in [6, 6.07) is 10.2. The van der Waals surface area contributed by atoms with Crippen molar-refractivity contribution in [1.29, 1.82) is 0 Å². The summed E-state index contributed by atoms with van der Waals surface area (Å²) in [5.41, 5.74) is 1.19. The van der Waals surface area contributed by atoms with E-state index in [1.165, 1.54) is 5.56 Å². The van der Waals surface area contributed by atoms with Gasteiger partial charge in [-0.15, -0.1) is 24.0 Å². The molecule has 0 amide bonds. The number of nitrogens with zero attached hydrogens (tertiary/aromatic N) is 1. The van der Waals surface area contributed by atoms with E-state index < -0.39 is 0 Å². The van der Waals surface area contributed by atoms with Gasteiger partial charge < -0.3 is 20.1 Å². The molecular formula is C16H28IN3O2. The quantitative estimate of drug-likeness (QED) is 0.264. The lowest BCUT2D eigenvalue weighted by molar-refractivity contribution is 0.125. The Balaban J connectivity index is 0.00000441. The summed E-state index contributed by atoms with van der Waals surface area (Å²) in [7, 11) is 1.77. The Bertz CT molecular complexity index is 388. The number of rotatable bonds is 10. The van der Waals surface area contributed by atoms with Gasteiger partial charge in [0.1, 0.15) is 0 Å². The molecule has 0 unspecified atom stereocenters. The lowest BCUT2D eigenvalue weighted by atomic mass is 10.2. The molecule has 22 heavy (non-hydrogen) atoms. The van der Waals surface area contributed by atoms with E-state index in [1.807, 2.05) is 25.1 Å². The summed E-state index contributed by atoms with van der Waals surface area (Å²) in [5.74, 6) is 0.801. The predicted molar refractivity (Wildman–Crippen MR) is 102 cm³/mol. The fourth-order valence-electron chi connectivity index (χ4n) is 1.75. The van der Waals surface area contributed by atoms with Crippen molar-refractivity contribution in [3.63, 3.8) is 0 Å². The Morgan fingerprint density at radius 2 is 1.77 bits per heavy atom. The van der Waals surface area contributed by atoms with Crippen molar-refractivity contribution in [2.45, 2.75) is 20.0 Å². The zero-order valence-electron chi connectivity index (χ0n) is 13.5. The van der Waals surface area contributed by atoms with Crippen molar-refractivity contribution >= 4 is 29.9 Å². The highest BCUT2D eigenvalue weighted by Crippen LogP contribution is 1.99. The normalized spacial score (nSPS) is 10.9. The number of ether oxygens (including phenoxy) is 2. The maximum atomic E-state index is 5.61. The second-order valence-corrected chi connectivity index (χ2v) is 4.51. The van der Waals surface area contributed by atoms with Gasteiger partial charge in [-0.25, -0.2) is 0 Å². The van der Waals surface area contributed by atoms with Gasteiger partial charge in [0.15, 0.2) is 5.96 Å². The van der Waals surface area contributed by atoms with Crippen LogP contribution in [0.25, 0.3) is 0 Å². The molecular weight excluding hydrogens is 393 g/mol. The molecule has 1 rings (SSSR count). The average molecular weight is 421 g/mol. The van der Waals surface area contributed by atoms with Gasteiger partial charge in [0.25, 0.3) is 0 Å². The molecule has 0 saturated heterocycles. The lowest BCUT2D eigenvalue weighted by Gasteiger charge is -2.12. The molecule has 0 fully saturated rings. The van der Waals surface area contributed by atoms with Gasteiger partial charge in [-0.3, -0.25) is 4.99 Å². The van der Waals surface area contributed by atoms with Crippen LogP contribution in [-0.4, -0.2) is 45.9 Å². The Labute approximate surface area is 150 Å². The molecule has 0 bridgehead atoms. The third kappa shape index (κ3) is 10.8. The maximum absolute atomic E-state index is 5.61. The van der Waals surface area contributed by atoms with Crippen LogP contribution in [-0.2, 0) is 16.1 Å². The predicted octanol–water partition coefficient (Wildman–Crippen LogP) is 2.41. The molecule has 0 atom stereocenters. The summed E-state index contributed by atoms with van der Waals surface area (Å²) in [4.78, 5) is 4.16. The van der Waals surface area contributed by atoms with Crippen LogP contribution < -0.4 is 10.6 Å². The molecule has 0 aromatic heterocycles. The zero-order valence-corrected chi connectivity index (χ0v) is 15.8. The van der Waals surface area contributed by atoms with E-state index in [9.17, 15) is 0 Å². The third-order valence-electron chi connectivity index (χ3n) is 2.84. The van der Waals surface area contributed by atoms with Crippen LogP contribution in [0.1, 0.15) is 18.9 Å². The van der Waals surface area contributed by atoms with Gasteiger partial charge in [0, 0.05) is 33.4 Å². The maximum Gasteiger partial charge on any atom is 0.191 e. The Hall–Kier alpha value is -0.860. The molecule has 0 radical (unpaired) electrons. The first-order valence-corrected chi connectivity index (χ1v) is 7.50. The molecule has 2 N–H and O–H groups in total. The fourth-order valence-corrected chi connectivity index (χ4v) is 1.75. The minimum absolute atomic E-state index is 0. The minimum Gasteiger partial charge on any atom is -0.382 e. The molecule has 0 heterocycles. The fraction of sp³-hybridized carbons (Fsp3) is 0.562. The second kappa shape index (κ2) is 15.1. The summed E-state index contributed by atoms with van der Waals surface area (Å²) < 4.78 is 10.9. The van der Waals surface area contributed by atoms with E-state index >= 15 is 0 Å². The van der Waals surface area contributed by atoms with Crippen LogP contribution >= 0.6 is 24.0 Å². The first-order valence-electron chi connectivity index (χ1n) is 7.50. The molecule has 0 aliphatic rings. The molecule has 1 aromatic rings. The number of hydrogen-bond acceptors (Lipinski definition) is 3. The number of nitrogens with one attached hydrogen (secondary N) is 2. The van der Waals surface area contributed by atoms with Crippen molar-refractivity contribution in [2.75, 3.05) is 40.0 Å². The highest BCUT2D eigenvalue weighted by molar-refractivity contribution is 14.0. The number of aliphatic imine (C=N–C) groups is 1. The summed E-state index contributed by atoms with van der Waals surface area (Å²) in [6.07, 6.45) is 0.971. The average Bonchev–Trinajstić information content (AvgIpc) is 2.53. The molecule has 0 aliphatic carbocycles. The molecule has 126 valence electrons. The summed E-state index contributed by atoms with van der Waals surface area (Å²) in [6.45, 7) is 6.43. The van der Waals surface area contributed by atoms with Crippen LogP contribution in [0.3, 0.4) is 0 Å². The summed E-state index contributed by atoms with van der Waals surface area (Å²) in [5, 5.41) is 6.46. The molecule has 0 saturated carbocycles. The van der Waals surface area contributed by atoms with Gasteiger partial charge in [-0.1, -0.05) is 30.3 Å². The highest BCUT2D eigenvalue weighted by atomic mass is 127. The Morgan fingerprint density at radius 1 is 1.05 bits per heavy atom.